The van der Waals surface area contributed by atoms with Crippen molar-refractivity contribution in [2.75, 3.05) is 4.43 Å². The summed E-state index contributed by atoms with van der Waals surface area (Å²) in [6, 6.07) is 0. The van der Waals surface area contributed by atoms with Gasteiger partial charge in [-0.05, 0) is 38.5 Å². The summed E-state index contributed by atoms with van der Waals surface area (Å²) in [5.74, 6) is 0.663. The molecule has 1 unspecified atom stereocenters. The lowest BCUT2D eigenvalue weighted by Gasteiger charge is -2.41. The Morgan fingerprint density at radius 1 is 1.35 bits per heavy atom. The van der Waals surface area contributed by atoms with Crippen molar-refractivity contribution >= 4 is 22.6 Å². The van der Waals surface area contributed by atoms with Crippen molar-refractivity contribution < 1.29 is 17.9 Å². The second-order valence-electron chi connectivity index (χ2n) is 4.97. The molecule has 0 amide bonds. The highest BCUT2D eigenvalue weighted by molar-refractivity contribution is 14.1. The normalized spacial score (nSPS) is 32.5. The molecule has 1 saturated carbocycles. The quantitative estimate of drug-likeness (QED) is 0.518. The molecule has 0 saturated heterocycles. The van der Waals surface area contributed by atoms with Crippen molar-refractivity contribution in [3.63, 3.8) is 0 Å². The molecule has 1 atom stereocenters. The summed E-state index contributed by atoms with van der Waals surface area (Å²) < 4.78 is 43.6. The second-order valence-corrected chi connectivity index (χ2v) is 5.73. The second kappa shape index (κ2) is 6.08. The average molecular weight is 364 g/mol. The van der Waals surface area contributed by atoms with Crippen molar-refractivity contribution in [2.24, 2.45) is 5.92 Å². The molecule has 1 aliphatic rings. The van der Waals surface area contributed by atoms with Crippen molar-refractivity contribution in [1.29, 1.82) is 0 Å². The van der Waals surface area contributed by atoms with E-state index < -0.39 is 17.9 Å². The lowest BCUT2D eigenvalue weighted by atomic mass is 9.78. The van der Waals surface area contributed by atoms with Crippen LogP contribution in [0.5, 0.6) is 0 Å². The van der Waals surface area contributed by atoms with Crippen LogP contribution in [-0.2, 0) is 4.74 Å². The summed E-state index contributed by atoms with van der Waals surface area (Å²) in [4.78, 5) is 0. The van der Waals surface area contributed by atoms with Crippen molar-refractivity contribution in [3.8, 4) is 0 Å². The van der Waals surface area contributed by atoms with E-state index in [1.165, 1.54) is 0 Å². The molecule has 1 nitrogen and oxygen atoms in total. The van der Waals surface area contributed by atoms with Crippen LogP contribution in [0.1, 0.15) is 46.0 Å². The molecule has 1 rings (SSSR count). The van der Waals surface area contributed by atoms with Gasteiger partial charge in [-0.25, -0.2) is 0 Å². The maximum atomic E-state index is 12.5. The van der Waals surface area contributed by atoms with Crippen LogP contribution in [0.3, 0.4) is 0 Å². The van der Waals surface area contributed by atoms with Crippen LogP contribution in [0, 0.1) is 5.92 Å². The maximum Gasteiger partial charge on any atom is 0.414 e. The standard InChI is InChI=1S/C12H20F3IO/c1-3-10-4-6-11(8-16,7-5-10)17-9(2)12(13,14)15/h9-10H,3-8H2,1-2H3. The number of hydrogen-bond acceptors (Lipinski definition) is 1. The Hall–Kier alpha value is 0.480. The van der Waals surface area contributed by atoms with Crippen LogP contribution < -0.4 is 0 Å². The van der Waals surface area contributed by atoms with E-state index in [9.17, 15) is 13.2 Å². The molecule has 0 bridgehead atoms. The fourth-order valence-corrected chi connectivity index (χ4v) is 3.28. The molecule has 0 aromatic carbocycles. The molecule has 5 heteroatoms. The Bertz CT molecular complexity index is 234. The first-order chi connectivity index (χ1) is 7.83. The van der Waals surface area contributed by atoms with E-state index in [1.54, 1.807) is 0 Å². The Labute approximate surface area is 115 Å². The van der Waals surface area contributed by atoms with E-state index in [0.717, 1.165) is 39.0 Å². The van der Waals surface area contributed by atoms with Crippen LogP contribution in [0.25, 0.3) is 0 Å². The molecular weight excluding hydrogens is 344 g/mol. The predicted molar refractivity (Wildman–Crippen MR) is 70.5 cm³/mol. The van der Waals surface area contributed by atoms with Gasteiger partial charge in [0.25, 0.3) is 0 Å². The predicted octanol–water partition coefficient (Wildman–Crippen LogP) is 4.73. The van der Waals surface area contributed by atoms with E-state index >= 15 is 0 Å². The summed E-state index contributed by atoms with van der Waals surface area (Å²) in [6.45, 7) is 3.25. The molecular formula is C12H20F3IO. The van der Waals surface area contributed by atoms with E-state index in [2.05, 4.69) is 29.5 Å². The van der Waals surface area contributed by atoms with Crippen molar-refractivity contribution in [2.45, 2.75) is 63.8 Å². The van der Waals surface area contributed by atoms with Gasteiger partial charge in [0.05, 0.1) is 5.60 Å². The Morgan fingerprint density at radius 3 is 2.24 bits per heavy atom. The van der Waals surface area contributed by atoms with Gasteiger partial charge >= 0.3 is 6.18 Å². The molecule has 0 aliphatic heterocycles. The zero-order valence-electron chi connectivity index (χ0n) is 10.3. The van der Waals surface area contributed by atoms with Gasteiger partial charge in [-0.15, -0.1) is 0 Å². The summed E-state index contributed by atoms with van der Waals surface area (Å²) in [5.41, 5.74) is -0.554. The van der Waals surface area contributed by atoms with Gasteiger partial charge in [0, 0.05) is 4.43 Å². The third-order valence-electron chi connectivity index (χ3n) is 3.73. The lowest BCUT2D eigenvalue weighted by Crippen LogP contribution is -2.45. The topological polar surface area (TPSA) is 9.23 Å². The Balaban J connectivity index is 2.59. The van der Waals surface area contributed by atoms with Crippen LogP contribution in [-0.4, -0.2) is 22.3 Å². The van der Waals surface area contributed by atoms with Crippen LogP contribution in [0.4, 0.5) is 13.2 Å². The number of rotatable bonds is 4. The van der Waals surface area contributed by atoms with E-state index in [-0.39, 0.29) is 0 Å². The molecule has 1 fully saturated rings. The number of alkyl halides is 4. The third-order valence-corrected chi connectivity index (χ3v) is 5.12. The van der Waals surface area contributed by atoms with E-state index in [0.29, 0.717) is 10.3 Å². The summed E-state index contributed by atoms with van der Waals surface area (Å²) in [5, 5.41) is 0. The summed E-state index contributed by atoms with van der Waals surface area (Å²) >= 11 is 2.15. The van der Waals surface area contributed by atoms with Gasteiger partial charge in [-0.2, -0.15) is 13.2 Å². The van der Waals surface area contributed by atoms with Crippen molar-refractivity contribution in [1.82, 2.24) is 0 Å². The average Bonchev–Trinajstić information content (AvgIpc) is 2.28. The minimum Gasteiger partial charge on any atom is -0.362 e. The first-order valence-corrected chi connectivity index (χ1v) is 7.66. The Morgan fingerprint density at radius 2 is 1.88 bits per heavy atom. The number of halogens is 4. The highest BCUT2D eigenvalue weighted by Gasteiger charge is 2.44. The highest BCUT2D eigenvalue weighted by atomic mass is 127. The molecule has 0 spiro atoms. The fourth-order valence-electron chi connectivity index (χ4n) is 2.34. The molecule has 0 N–H and O–H groups in total. The van der Waals surface area contributed by atoms with Gasteiger partial charge in [0.15, 0.2) is 6.10 Å². The first-order valence-electron chi connectivity index (χ1n) is 6.13. The van der Waals surface area contributed by atoms with Crippen molar-refractivity contribution in [3.05, 3.63) is 0 Å². The van der Waals surface area contributed by atoms with Gasteiger partial charge < -0.3 is 4.74 Å². The smallest absolute Gasteiger partial charge is 0.362 e. The summed E-state index contributed by atoms with van der Waals surface area (Å²) in [6.07, 6.45) is -1.29. The molecule has 1 aliphatic carbocycles. The fraction of sp³-hybridized carbons (Fsp3) is 1.00. The minimum absolute atomic E-state index is 0.554. The monoisotopic (exact) mass is 364 g/mol. The van der Waals surface area contributed by atoms with E-state index in [4.69, 9.17) is 4.74 Å². The van der Waals surface area contributed by atoms with Gasteiger partial charge in [-0.1, -0.05) is 35.9 Å². The van der Waals surface area contributed by atoms with Crippen LogP contribution in [0.15, 0.2) is 0 Å². The highest BCUT2D eigenvalue weighted by Crippen LogP contribution is 2.40. The molecule has 102 valence electrons. The Kier molecular flexibility index (Phi) is 5.56. The third kappa shape index (κ3) is 4.26. The molecule has 0 radical (unpaired) electrons. The lowest BCUT2D eigenvalue weighted by molar-refractivity contribution is -0.248. The zero-order chi connectivity index (χ0) is 13.1. The number of ether oxygens (including phenoxy) is 1. The molecule has 0 aromatic heterocycles. The largest absolute Gasteiger partial charge is 0.414 e. The molecule has 0 aromatic rings. The maximum absolute atomic E-state index is 12.5. The van der Waals surface area contributed by atoms with E-state index in [1.807, 2.05) is 0 Å². The van der Waals surface area contributed by atoms with Gasteiger partial charge in [0.1, 0.15) is 0 Å². The minimum atomic E-state index is -4.25. The summed E-state index contributed by atoms with van der Waals surface area (Å²) in [7, 11) is 0. The SMILES string of the molecule is CCC1CCC(CI)(OC(C)C(F)(F)F)CC1. The zero-order valence-corrected chi connectivity index (χ0v) is 12.5. The molecule has 0 heterocycles. The number of hydrogen-bond donors (Lipinski definition) is 0. The van der Waals surface area contributed by atoms with Crippen LogP contribution in [0.2, 0.25) is 0 Å². The first kappa shape index (κ1) is 15.5. The molecule has 17 heavy (non-hydrogen) atoms. The van der Waals surface area contributed by atoms with Gasteiger partial charge in [-0.3, -0.25) is 0 Å². The van der Waals surface area contributed by atoms with Crippen LogP contribution >= 0.6 is 22.6 Å². The van der Waals surface area contributed by atoms with Gasteiger partial charge in [0.2, 0.25) is 0 Å².